The maximum Gasteiger partial charge on any atom is 0.251 e. The molecule has 0 bridgehead atoms. The molecule has 0 aliphatic carbocycles. The number of nitrogens with zero attached hydrogens (tertiary/aromatic N) is 5. The van der Waals surface area contributed by atoms with Crippen molar-refractivity contribution in [2.24, 2.45) is 0 Å². The molecule has 164 valence electrons. The lowest BCUT2D eigenvalue weighted by atomic mass is 10.1. The minimum atomic E-state index is -0.0174. The molecule has 7 nitrogen and oxygen atoms in total. The molecule has 0 spiro atoms. The molecule has 33 heavy (non-hydrogen) atoms. The molecule has 5 aromatic rings. The van der Waals surface area contributed by atoms with E-state index in [1.807, 2.05) is 84.9 Å². The molecule has 3 aromatic carbocycles. The molecule has 0 unspecified atom stereocenters. The number of ether oxygens (including phenoxy) is 1. The number of aryl methyl sites for hydroxylation is 1. The van der Waals surface area contributed by atoms with Gasteiger partial charge in [0.05, 0.1) is 24.4 Å². The van der Waals surface area contributed by atoms with Crippen LogP contribution in [0.25, 0.3) is 16.6 Å². The van der Waals surface area contributed by atoms with E-state index in [1.165, 1.54) is 0 Å². The average Bonchev–Trinajstić information content (AvgIpc) is 3.33. The first-order valence-electron chi connectivity index (χ1n) is 10.9. The molecule has 2 heterocycles. The van der Waals surface area contributed by atoms with Crippen LogP contribution in [0.1, 0.15) is 17.8 Å². The Hall–Kier alpha value is -4.26. The highest BCUT2D eigenvalue weighted by atomic mass is 16.5. The van der Waals surface area contributed by atoms with E-state index in [4.69, 9.17) is 4.74 Å². The Morgan fingerprint density at radius 2 is 1.64 bits per heavy atom. The number of hydrogen-bond acceptors (Lipinski definition) is 5. The molecule has 0 aliphatic heterocycles. The highest BCUT2D eigenvalue weighted by Gasteiger charge is 2.09. The topological polar surface area (TPSA) is 74.8 Å². The Kier molecular flexibility index (Phi) is 5.93. The Morgan fingerprint density at radius 3 is 2.45 bits per heavy atom. The van der Waals surface area contributed by atoms with E-state index in [9.17, 15) is 4.79 Å². The largest absolute Gasteiger partial charge is 0.494 e. The van der Waals surface area contributed by atoms with Gasteiger partial charge >= 0.3 is 0 Å². The Labute approximate surface area is 190 Å². The van der Waals surface area contributed by atoms with E-state index in [2.05, 4.69) is 15.5 Å². The highest BCUT2D eigenvalue weighted by molar-refractivity contribution is 5.80. The second-order valence-electron chi connectivity index (χ2n) is 7.76. The Bertz CT molecular complexity index is 1410. The van der Waals surface area contributed by atoms with Crippen molar-refractivity contribution in [3.05, 3.63) is 113 Å². The summed E-state index contributed by atoms with van der Waals surface area (Å²) in [6.07, 6.45) is 1.48. The standard InChI is InChI=1S/C26H23N5O2/c32-26-16-13-21-18-23(14-15-24(21)30(26)19-20-8-3-1-4-9-20)33-17-7-12-25-27-28-29-31(25)22-10-5-2-6-11-22/h1-6,8-11,13-16,18H,7,12,17,19H2. The fourth-order valence-corrected chi connectivity index (χ4v) is 3.85. The fourth-order valence-electron chi connectivity index (χ4n) is 3.85. The molecule has 0 aliphatic rings. The van der Waals surface area contributed by atoms with Crippen molar-refractivity contribution < 1.29 is 4.74 Å². The lowest BCUT2D eigenvalue weighted by Gasteiger charge is -2.12. The molecule has 0 saturated heterocycles. The molecule has 2 aromatic heterocycles. The lowest BCUT2D eigenvalue weighted by Crippen LogP contribution is -2.19. The predicted molar refractivity (Wildman–Crippen MR) is 127 cm³/mol. The Balaban J connectivity index is 1.25. The van der Waals surface area contributed by atoms with Gasteiger partial charge in [0.1, 0.15) is 5.75 Å². The van der Waals surface area contributed by atoms with Crippen molar-refractivity contribution in [2.75, 3.05) is 6.61 Å². The van der Waals surface area contributed by atoms with Crippen LogP contribution < -0.4 is 10.3 Å². The Morgan fingerprint density at radius 1 is 0.848 bits per heavy atom. The zero-order valence-corrected chi connectivity index (χ0v) is 18.0. The smallest absolute Gasteiger partial charge is 0.251 e. The van der Waals surface area contributed by atoms with Crippen molar-refractivity contribution in [1.29, 1.82) is 0 Å². The minimum Gasteiger partial charge on any atom is -0.494 e. The zero-order chi connectivity index (χ0) is 22.5. The first-order chi connectivity index (χ1) is 16.3. The third kappa shape index (κ3) is 4.67. The van der Waals surface area contributed by atoms with Gasteiger partial charge in [-0.1, -0.05) is 48.5 Å². The van der Waals surface area contributed by atoms with Gasteiger partial charge in [0.25, 0.3) is 5.56 Å². The van der Waals surface area contributed by atoms with E-state index in [1.54, 1.807) is 15.3 Å². The average molecular weight is 438 g/mol. The minimum absolute atomic E-state index is 0.0174. The van der Waals surface area contributed by atoms with E-state index in [0.717, 1.165) is 40.1 Å². The van der Waals surface area contributed by atoms with Gasteiger partial charge in [-0.15, -0.1) is 5.10 Å². The zero-order valence-electron chi connectivity index (χ0n) is 18.0. The van der Waals surface area contributed by atoms with Crippen molar-refractivity contribution in [1.82, 2.24) is 24.8 Å². The number of aromatic nitrogens is 5. The number of rotatable bonds is 8. The highest BCUT2D eigenvalue weighted by Crippen LogP contribution is 2.21. The SMILES string of the molecule is O=c1ccc2cc(OCCCc3nnnn3-c3ccccc3)ccc2n1Cc1ccccc1. The molecule has 0 radical (unpaired) electrons. The van der Waals surface area contributed by atoms with E-state index in [-0.39, 0.29) is 5.56 Å². The number of para-hydroxylation sites is 1. The number of tetrazole rings is 1. The molecule has 0 amide bonds. The van der Waals surface area contributed by atoms with Crippen LogP contribution in [0.3, 0.4) is 0 Å². The summed E-state index contributed by atoms with van der Waals surface area (Å²) in [6.45, 7) is 1.07. The van der Waals surface area contributed by atoms with Gasteiger partial charge in [0.2, 0.25) is 0 Å². The summed E-state index contributed by atoms with van der Waals surface area (Å²) in [5.41, 5.74) is 2.90. The van der Waals surface area contributed by atoms with Crippen molar-refractivity contribution in [3.63, 3.8) is 0 Å². The molecule has 0 fully saturated rings. The second kappa shape index (κ2) is 9.48. The van der Waals surface area contributed by atoms with Crippen molar-refractivity contribution >= 4 is 10.9 Å². The summed E-state index contributed by atoms with van der Waals surface area (Å²) in [5.74, 6) is 1.57. The van der Waals surface area contributed by atoms with Gasteiger partial charge in [-0.2, -0.15) is 4.68 Å². The van der Waals surface area contributed by atoms with E-state index >= 15 is 0 Å². The van der Waals surface area contributed by atoms with Gasteiger partial charge in [-0.3, -0.25) is 4.79 Å². The molecular formula is C26H23N5O2. The summed E-state index contributed by atoms with van der Waals surface area (Å²) in [5, 5.41) is 13.0. The monoisotopic (exact) mass is 437 g/mol. The van der Waals surface area contributed by atoms with Crippen LogP contribution >= 0.6 is 0 Å². The van der Waals surface area contributed by atoms with E-state index < -0.39 is 0 Å². The van der Waals surface area contributed by atoms with Gasteiger partial charge in [0, 0.05) is 17.9 Å². The maximum absolute atomic E-state index is 12.5. The first kappa shape index (κ1) is 20.6. The molecular weight excluding hydrogens is 414 g/mol. The summed E-state index contributed by atoms with van der Waals surface area (Å²) in [6, 6.07) is 29.1. The summed E-state index contributed by atoms with van der Waals surface area (Å²) in [4.78, 5) is 12.5. The molecule has 0 N–H and O–H groups in total. The van der Waals surface area contributed by atoms with Gasteiger partial charge in [-0.25, -0.2) is 0 Å². The molecule has 7 heteroatoms. The first-order valence-corrected chi connectivity index (χ1v) is 10.9. The van der Waals surface area contributed by atoms with Gasteiger partial charge in [-0.05, 0) is 58.8 Å². The van der Waals surface area contributed by atoms with Crippen molar-refractivity contribution in [3.8, 4) is 11.4 Å². The quantitative estimate of drug-likeness (QED) is 0.343. The fraction of sp³-hybridized carbons (Fsp3) is 0.154. The third-order valence-corrected chi connectivity index (χ3v) is 5.49. The number of benzene rings is 3. The number of hydrogen-bond donors (Lipinski definition) is 0. The van der Waals surface area contributed by atoms with Crippen LogP contribution in [0.4, 0.5) is 0 Å². The number of pyridine rings is 1. The van der Waals surface area contributed by atoms with Gasteiger partial charge in [0.15, 0.2) is 5.82 Å². The van der Waals surface area contributed by atoms with Crippen LogP contribution in [0.2, 0.25) is 0 Å². The predicted octanol–water partition coefficient (Wildman–Crippen LogP) is 4.04. The maximum atomic E-state index is 12.5. The molecule has 0 saturated carbocycles. The van der Waals surface area contributed by atoms with Crippen molar-refractivity contribution in [2.45, 2.75) is 19.4 Å². The summed E-state index contributed by atoms with van der Waals surface area (Å²) < 4.78 is 9.52. The summed E-state index contributed by atoms with van der Waals surface area (Å²) in [7, 11) is 0. The van der Waals surface area contributed by atoms with Crippen LogP contribution in [0, 0.1) is 0 Å². The third-order valence-electron chi connectivity index (χ3n) is 5.49. The van der Waals surface area contributed by atoms with Crippen LogP contribution in [-0.4, -0.2) is 31.4 Å². The lowest BCUT2D eigenvalue weighted by molar-refractivity contribution is 0.310. The normalized spacial score (nSPS) is 11.0. The van der Waals surface area contributed by atoms with Gasteiger partial charge < -0.3 is 9.30 Å². The number of fused-ring (bicyclic) bond motifs is 1. The molecule has 5 rings (SSSR count). The van der Waals surface area contributed by atoms with Crippen LogP contribution in [0.15, 0.2) is 95.8 Å². The second-order valence-corrected chi connectivity index (χ2v) is 7.76. The van der Waals surface area contributed by atoms with E-state index in [0.29, 0.717) is 19.6 Å². The summed E-state index contributed by atoms with van der Waals surface area (Å²) >= 11 is 0. The molecule has 0 atom stereocenters. The van der Waals surface area contributed by atoms with Crippen LogP contribution in [0.5, 0.6) is 5.75 Å². The van der Waals surface area contributed by atoms with Crippen LogP contribution in [-0.2, 0) is 13.0 Å².